The van der Waals surface area contributed by atoms with Gasteiger partial charge in [0.25, 0.3) is 0 Å². The van der Waals surface area contributed by atoms with Crippen LogP contribution in [0.4, 0.5) is 0 Å². The van der Waals surface area contributed by atoms with Crippen LogP contribution in [0.3, 0.4) is 0 Å². The van der Waals surface area contributed by atoms with Crippen LogP contribution in [0.15, 0.2) is 78.9 Å². The predicted octanol–water partition coefficient (Wildman–Crippen LogP) is 7.73. The first-order valence-electron chi connectivity index (χ1n) is 12.5. The third kappa shape index (κ3) is 3.33. The van der Waals surface area contributed by atoms with Gasteiger partial charge in [-0.05, 0) is 102 Å². The van der Waals surface area contributed by atoms with E-state index in [0.717, 1.165) is 5.46 Å². The molecule has 0 amide bonds. The Morgan fingerprint density at radius 2 is 1.14 bits per heavy atom. The van der Waals surface area contributed by atoms with Gasteiger partial charge in [-0.15, -0.1) is 0 Å². The van der Waals surface area contributed by atoms with Gasteiger partial charge in [0.15, 0.2) is 0 Å². The van der Waals surface area contributed by atoms with Crippen LogP contribution in [0.1, 0.15) is 38.8 Å². The van der Waals surface area contributed by atoms with Gasteiger partial charge in [-0.25, -0.2) is 0 Å². The van der Waals surface area contributed by atoms with Gasteiger partial charge in [-0.2, -0.15) is 0 Å². The summed E-state index contributed by atoms with van der Waals surface area (Å²) < 4.78 is 12.8. The fraction of sp³-hybridized carbons (Fsp3) is 0.250. The zero-order chi connectivity index (χ0) is 24.5. The first-order chi connectivity index (χ1) is 16.7. The molecule has 0 aromatic heterocycles. The summed E-state index contributed by atoms with van der Waals surface area (Å²) in [6.07, 6.45) is 0. The lowest BCUT2D eigenvalue weighted by atomic mass is 9.77. The second kappa shape index (κ2) is 7.68. The van der Waals surface area contributed by atoms with E-state index in [0.29, 0.717) is 0 Å². The molecule has 0 radical (unpaired) electrons. The van der Waals surface area contributed by atoms with Crippen molar-refractivity contribution in [2.24, 2.45) is 0 Å². The van der Waals surface area contributed by atoms with Gasteiger partial charge in [0.1, 0.15) is 0 Å². The lowest BCUT2D eigenvalue weighted by Gasteiger charge is -2.32. The molecule has 0 aliphatic carbocycles. The molecule has 0 spiro atoms. The van der Waals surface area contributed by atoms with Gasteiger partial charge in [0.2, 0.25) is 0 Å². The van der Waals surface area contributed by atoms with E-state index in [1.54, 1.807) is 0 Å². The van der Waals surface area contributed by atoms with E-state index in [9.17, 15) is 0 Å². The molecule has 0 unspecified atom stereocenters. The maximum atomic E-state index is 6.39. The zero-order valence-corrected chi connectivity index (χ0v) is 21.4. The van der Waals surface area contributed by atoms with E-state index in [-0.39, 0.29) is 18.3 Å². The summed E-state index contributed by atoms with van der Waals surface area (Å²) >= 11 is 0. The number of hydrogen-bond donors (Lipinski definition) is 0. The average molecular weight is 458 g/mol. The van der Waals surface area contributed by atoms with Crippen LogP contribution >= 0.6 is 0 Å². The highest BCUT2D eigenvalue weighted by Gasteiger charge is 2.51. The molecule has 0 saturated carbocycles. The topological polar surface area (TPSA) is 18.5 Å². The summed E-state index contributed by atoms with van der Waals surface area (Å²) in [7, 11) is -0.377. The molecule has 0 N–H and O–H groups in total. The smallest absolute Gasteiger partial charge is 0.399 e. The zero-order valence-electron chi connectivity index (χ0n) is 21.4. The Hall–Kier alpha value is -3.14. The Morgan fingerprint density at radius 3 is 1.83 bits per heavy atom. The van der Waals surface area contributed by atoms with Crippen LogP contribution < -0.4 is 5.46 Å². The van der Waals surface area contributed by atoms with Gasteiger partial charge < -0.3 is 9.31 Å². The van der Waals surface area contributed by atoms with Gasteiger partial charge in [-0.3, -0.25) is 0 Å². The van der Waals surface area contributed by atoms with Gasteiger partial charge in [-0.1, -0.05) is 78.9 Å². The van der Waals surface area contributed by atoms with Crippen molar-refractivity contribution in [3.8, 4) is 11.1 Å². The molecule has 0 atom stereocenters. The highest BCUT2D eigenvalue weighted by Crippen LogP contribution is 2.41. The summed E-state index contributed by atoms with van der Waals surface area (Å²) in [5, 5.41) is 7.67. The standard InChI is InChI=1S/C32H31BO2/c1-20-11-7-8-12-23(20)24-17-18-27-25-13-9-10-14-26(25)29-19-22(15-16-28(29)30(27)21(24)2)33-34-31(3,4)32(5,6)35-33/h7-19H,1-6H3. The molecule has 1 aliphatic rings. The second-order valence-corrected chi connectivity index (χ2v) is 10.9. The third-order valence-corrected chi connectivity index (χ3v) is 8.25. The Balaban J connectivity index is 1.65. The summed E-state index contributed by atoms with van der Waals surface area (Å²) in [5.41, 5.74) is 5.53. The highest BCUT2D eigenvalue weighted by molar-refractivity contribution is 6.62. The largest absolute Gasteiger partial charge is 0.494 e. The predicted molar refractivity (Wildman–Crippen MR) is 150 cm³/mol. The number of rotatable bonds is 2. The van der Waals surface area contributed by atoms with Crippen LogP contribution in [0.2, 0.25) is 0 Å². The first-order valence-corrected chi connectivity index (χ1v) is 12.5. The number of aryl methyl sites for hydroxylation is 2. The van der Waals surface area contributed by atoms with Crippen molar-refractivity contribution in [1.29, 1.82) is 0 Å². The van der Waals surface area contributed by atoms with Crippen molar-refractivity contribution in [2.45, 2.75) is 52.7 Å². The normalized spacial score (nSPS) is 17.0. The van der Waals surface area contributed by atoms with E-state index in [1.165, 1.54) is 54.6 Å². The van der Waals surface area contributed by atoms with Crippen LogP contribution in [0, 0.1) is 13.8 Å². The SMILES string of the molecule is Cc1ccccc1-c1ccc2c3ccccc3c3cc(B4OC(C)(C)C(C)(C)O4)ccc3c2c1C. The molecule has 174 valence electrons. The van der Waals surface area contributed by atoms with Crippen LogP contribution in [0.5, 0.6) is 0 Å². The van der Waals surface area contributed by atoms with Crippen LogP contribution in [-0.2, 0) is 9.31 Å². The maximum Gasteiger partial charge on any atom is 0.494 e. The molecule has 3 heteroatoms. The molecule has 1 fully saturated rings. The Labute approximate surface area is 208 Å². The third-order valence-electron chi connectivity index (χ3n) is 8.25. The maximum absolute atomic E-state index is 6.39. The Morgan fingerprint density at radius 1 is 0.571 bits per heavy atom. The number of fused-ring (bicyclic) bond motifs is 6. The number of benzene rings is 5. The van der Waals surface area contributed by atoms with Gasteiger partial charge in [0, 0.05) is 0 Å². The van der Waals surface area contributed by atoms with Gasteiger partial charge in [0.05, 0.1) is 11.2 Å². The highest BCUT2D eigenvalue weighted by atomic mass is 16.7. The average Bonchev–Trinajstić information content (AvgIpc) is 3.06. The summed E-state index contributed by atoms with van der Waals surface area (Å²) in [6.45, 7) is 12.9. The minimum Gasteiger partial charge on any atom is -0.399 e. The van der Waals surface area contributed by atoms with Crippen molar-refractivity contribution in [1.82, 2.24) is 0 Å². The molecule has 5 aromatic carbocycles. The molecular formula is C32H31BO2. The van der Waals surface area contributed by atoms with E-state index in [4.69, 9.17) is 9.31 Å². The summed E-state index contributed by atoms with van der Waals surface area (Å²) in [4.78, 5) is 0. The summed E-state index contributed by atoms with van der Waals surface area (Å²) in [5.74, 6) is 0. The molecule has 0 bridgehead atoms. The molecular weight excluding hydrogens is 427 g/mol. The van der Waals surface area contributed by atoms with Crippen molar-refractivity contribution >= 4 is 44.9 Å². The fourth-order valence-electron chi connectivity index (χ4n) is 5.53. The van der Waals surface area contributed by atoms with Crippen molar-refractivity contribution in [3.63, 3.8) is 0 Å². The van der Waals surface area contributed by atoms with E-state index in [1.807, 2.05) is 0 Å². The second-order valence-electron chi connectivity index (χ2n) is 10.9. The molecule has 35 heavy (non-hydrogen) atoms. The van der Waals surface area contributed by atoms with E-state index >= 15 is 0 Å². The van der Waals surface area contributed by atoms with E-state index < -0.39 is 0 Å². The lowest BCUT2D eigenvalue weighted by Crippen LogP contribution is -2.41. The molecule has 2 nitrogen and oxygen atoms in total. The molecule has 1 aliphatic heterocycles. The molecule has 6 rings (SSSR count). The van der Waals surface area contributed by atoms with Gasteiger partial charge >= 0.3 is 7.12 Å². The van der Waals surface area contributed by atoms with Crippen molar-refractivity contribution in [3.05, 3.63) is 90.0 Å². The summed E-state index contributed by atoms with van der Waals surface area (Å²) in [6, 6.07) is 28.7. The van der Waals surface area contributed by atoms with Crippen LogP contribution in [-0.4, -0.2) is 18.3 Å². The monoisotopic (exact) mass is 458 g/mol. The number of hydrogen-bond acceptors (Lipinski definition) is 2. The van der Waals surface area contributed by atoms with E-state index in [2.05, 4.69) is 120 Å². The Bertz CT molecular complexity index is 1610. The lowest BCUT2D eigenvalue weighted by molar-refractivity contribution is 0.00578. The molecule has 1 heterocycles. The fourth-order valence-corrected chi connectivity index (χ4v) is 5.53. The minimum absolute atomic E-state index is 0.364. The minimum atomic E-state index is -0.377. The Kier molecular flexibility index (Phi) is 4.90. The quantitative estimate of drug-likeness (QED) is 0.199. The molecule has 5 aromatic rings. The van der Waals surface area contributed by atoms with Crippen molar-refractivity contribution in [2.75, 3.05) is 0 Å². The van der Waals surface area contributed by atoms with Crippen molar-refractivity contribution < 1.29 is 9.31 Å². The molecule has 1 saturated heterocycles. The van der Waals surface area contributed by atoms with Crippen LogP contribution in [0.25, 0.3) is 43.4 Å². The first kappa shape index (κ1) is 22.3.